The third-order valence-corrected chi connectivity index (χ3v) is 4.04. The molecule has 0 aliphatic carbocycles. The van der Waals surface area contributed by atoms with Crippen molar-refractivity contribution < 1.29 is 4.79 Å². The first-order valence-electron chi connectivity index (χ1n) is 8.20. The summed E-state index contributed by atoms with van der Waals surface area (Å²) < 4.78 is 2.09. The fourth-order valence-electron chi connectivity index (χ4n) is 2.22. The summed E-state index contributed by atoms with van der Waals surface area (Å²) in [6.45, 7) is 5.80. The molecule has 1 amide bonds. The molecule has 1 aromatic heterocycles. The van der Waals surface area contributed by atoms with Gasteiger partial charge >= 0.3 is 5.69 Å². The molecule has 0 unspecified atom stereocenters. The maximum absolute atomic E-state index is 12.6. The predicted octanol–water partition coefficient (Wildman–Crippen LogP) is 1.99. The van der Waals surface area contributed by atoms with Crippen LogP contribution in [-0.2, 0) is 6.54 Å². The van der Waals surface area contributed by atoms with E-state index in [2.05, 4.69) is 10.4 Å². The zero-order valence-corrected chi connectivity index (χ0v) is 15.2. The van der Waals surface area contributed by atoms with Crippen LogP contribution in [0.5, 0.6) is 0 Å². The smallest absolute Gasteiger partial charge is 0.348 e. The van der Waals surface area contributed by atoms with E-state index in [0.717, 1.165) is 9.25 Å². The summed E-state index contributed by atoms with van der Waals surface area (Å²) in [6, 6.07) is 6.32. The molecule has 1 N–H and O–H groups in total. The van der Waals surface area contributed by atoms with Crippen molar-refractivity contribution >= 4 is 17.5 Å². The number of carbonyl (C=O) groups excluding carboxylic acids is 1. The Hall–Kier alpha value is -2.41. The van der Waals surface area contributed by atoms with Crippen LogP contribution in [0.2, 0.25) is 5.02 Å². The summed E-state index contributed by atoms with van der Waals surface area (Å²) in [7, 11) is 0. The minimum absolute atomic E-state index is 0.107. The molecule has 0 aliphatic heterocycles. The van der Waals surface area contributed by atoms with Crippen molar-refractivity contribution in [1.29, 1.82) is 0 Å². The molecule has 7 nitrogen and oxygen atoms in total. The summed E-state index contributed by atoms with van der Waals surface area (Å²) in [6.07, 6.45) is 1.29. The highest BCUT2D eigenvalue weighted by Gasteiger charge is 2.20. The van der Waals surface area contributed by atoms with E-state index in [1.807, 2.05) is 20.8 Å². The maximum atomic E-state index is 12.6. The van der Waals surface area contributed by atoms with Crippen LogP contribution in [0.25, 0.3) is 5.69 Å². The molecule has 0 fully saturated rings. The number of aromatic nitrogens is 3. The quantitative estimate of drug-likeness (QED) is 0.849. The lowest BCUT2D eigenvalue weighted by molar-refractivity contribution is 0.0929. The molecule has 8 heteroatoms. The number of nitrogens with one attached hydrogen (secondary N) is 1. The Morgan fingerprint density at radius 2 is 1.88 bits per heavy atom. The molecule has 2 rings (SSSR count). The fraction of sp³-hybridized carbons (Fsp3) is 0.412. The first-order valence-corrected chi connectivity index (χ1v) is 8.57. The van der Waals surface area contributed by atoms with E-state index in [4.69, 9.17) is 11.6 Å². The van der Waals surface area contributed by atoms with Crippen molar-refractivity contribution in [2.45, 2.75) is 46.2 Å². The molecule has 0 radical (unpaired) electrons. The van der Waals surface area contributed by atoms with Gasteiger partial charge < -0.3 is 5.32 Å². The first-order chi connectivity index (χ1) is 11.9. The van der Waals surface area contributed by atoms with E-state index in [1.165, 1.54) is 0 Å². The summed E-state index contributed by atoms with van der Waals surface area (Å²) in [5, 5.41) is 7.24. The van der Waals surface area contributed by atoms with Crippen LogP contribution in [0, 0.1) is 0 Å². The van der Waals surface area contributed by atoms with E-state index in [-0.39, 0.29) is 18.3 Å². The molecule has 1 aromatic carbocycles. The number of halogens is 1. The second-order valence-corrected chi connectivity index (χ2v) is 6.20. The number of nitrogens with zero attached hydrogens (tertiary/aromatic N) is 3. The maximum Gasteiger partial charge on any atom is 0.352 e. The summed E-state index contributed by atoms with van der Waals surface area (Å²) in [5.41, 5.74) is -1.15. The average Bonchev–Trinajstić information content (AvgIpc) is 2.59. The number of amides is 1. The third kappa shape index (κ3) is 4.17. The third-order valence-electron chi connectivity index (χ3n) is 3.78. The molecular weight excluding hydrogens is 344 g/mol. The summed E-state index contributed by atoms with van der Waals surface area (Å²) in [5.74, 6) is -0.591. The van der Waals surface area contributed by atoms with Gasteiger partial charge in [-0.3, -0.25) is 14.2 Å². The Bertz CT molecular complexity index is 871. The van der Waals surface area contributed by atoms with Crippen molar-refractivity contribution in [3.8, 4) is 5.69 Å². The van der Waals surface area contributed by atoms with Crippen molar-refractivity contribution in [2.24, 2.45) is 0 Å². The molecule has 2 aromatic rings. The van der Waals surface area contributed by atoms with Crippen molar-refractivity contribution in [1.82, 2.24) is 19.7 Å². The van der Waals surface area contributed by atoms with Crippen LogP contribution >= 0.6 is 11.6 Å². The van der Waals surface area contributed by atoms with Gasteiger partial charge in [0, 0.05) is 17.6 Å². The van der Waals surface area contributed by atoms with Gasteiger partial charge in [-0.25, -0.2) is 4.79 Å². The Kier molecular flexibility index (Phi) is 6.14. The Balaban J connectivity index is 2.64. The van der Waals surface area contributed by atoms with Gasteiger partial charge in [-0.2, -0.15) is 9.78 Å². The second kappa shape index (κ2) is 8.11. The zero-order valence-electron chi connectivity index (χ0n) is 14.5. The van der Waals surface area contributed by atoms with E-state index >= 15 is 0 Å². The molecule has 1 atom stereocenters. The van der Waals surface area contributed by atoms with Crippen molar-refractivity contribution in [2.75, 3.05) is 0 Å². The van der Waals surface area contributed by atoms with Gasteiger partial charge in [-0.05, 0) is 44.0 Å². The predicted molar refractivity (Wildman–Crippen MR) is 96.6 cm³/mol. The van der Waals surface area contributed by atoms with Crippen LogP contribution in [0.1, 0.15) is 44.1 Å². The zero-order chi connectivity index (χ0) is 18.6. The number of hydrogen-bond acceptors (Lipinski definition) is 4. The molecule has 0 saturated carbocycles. The van der Waals surface area contributed by atoms with Crippen LogP contribution in [0.4, 0.5) is 0 Å². The standard InChI is InChI=1S/C17H21ClN4O3/c1-4-10-21-16(24)14(15(23)19-11(3)5-2)20-22(17(21)25)13-8-6-12(18)7-9-13/h6-9,11H,4-5,10H2,1-3H3,(H,19,23)/t11-/m1/s1. The molecule has 0 aliphatic rings. The molecular formula is C17H21ClN4O3. The first kappa shape index (κ1) is 18.9. The highest BCUT2D eigenvalue weighted by Crippen LogP contribution is 2.11. The van der Waals surface area contributed by atoms with E-state index < -0.39 is 17.2 Å². The SMILES string of the molecule is CCCn1c(=O)c(C(=O)N[C@H](C)CC)nn(-c2ccc(Cl)cc2)c1=O. The monoisotopic (exact) mass is 364 g/mol. The van der Waals surface area contributed by atoms with Crippen LogP contribution in [-0.4, -0.2) is 26.3 Å². The lowest BCUT2D eigenvalue weighted by atomic mass is 10.2. The van der Waals surface area contributed by atoms with Gasteiger partial charge in [0.05, 0.1) is 5.69 Å². The molecule has 0 bridgehead atoms. The molecule has 1 heterocycles. The molecule has 0 spiro atoms. The lowest BCUT2D eigenvalue weighted by Crippen LogP contribution is -2.46. The van der Waals surface area contributed by atoms with Gasteiger partial charge in [-0.15, -0.1) is 0 Å². The number of hydrogen-bond donors (Lipinski definition) is 1. The summed E-state index contributed by atoms with van der Waals surface area (Å²) >= 11 is 5.87. The van der Waals surface area contributed by atoms with Crippen molar-refractivity contribution in [3.05, 3.63) is 55.8 Å². The second-order valence-electron chi connectivity index (χ2n) is 5.76. The van der Waals surface area contributed by atoms with Gasteiger partial charge in [0.25, 0.3) is 11.5 Å². The van der Waals surface area contributed by atoms with E-state index in [0.29, 0.717) is 23.6 Å². The van der Waals surface area contributed by atoms with Gasteiger partial charge in [-0.1, -0.05) is 25.4 Å². The highest BCUT2D eigenvalue weighted by molar-refractivity contribution is 6.30. The Morgan fingerprint density at radius 3 is 2.44 bits per heavy atom. The Labute approximate surface area is 150 Å². The lowest BCUT2D eigenvalue weighted by Gasteiger charge is -2.14. The molecule has 0 saturated heterocycles. The van der Waals surface area contributed by atoms with Gasteiger partial charge in [0.15, 0.2) is 0 Å². The van der Waals surface area contributed by atoms with E-state index in [1.54, 1.807) is 24.3 Å². The van der Waals surface area contributed by atoms with E-state index in [9.17, 15) is 14.4 Å². The number of rotatable bonds is 6. The van der Waals surface area contributed by atoms with Crippen molar-refractivity contribution in [3.63, 3.8) is 0 Å². The fourth-order valence-corrected chi connectivity index (χ4v) is 2.35. The normalized spacial score (nSPS) is 12.0. The largest absolute Gasteiger partial charge is 0.352 e. The number of benzene rings is 1. The topological polar surface area (TPSA) is 86.0 Å². The van der Waals surface area contributed by atoms with Gasteiger partial charge in [0.1, 0.15) is 0 Å². The number of carbonyl (C=O) groups is 1. The highest BCUT2D eigenvalue weighted by atomic mass is 35.5. The van der Waals surface area contributed by atoms with Gasteiger partial charge in [0.2, 0.25) is 5.69 Å². The molecule has 134 valence electrons. The average molecular weight is 365 g/mol. The van der Waals surface area contributed by atoms with Crippen LogP contribution < -0.4 is 16.6 Å². The summed E-state index contributed by atoms with van der Waals surface area (Å²) in [4.78, 5) is 37.6. The Morgan fingerprint density at radius 1 is 1.24 bits per heavy atom. The van der Waals surface area contributed by atoms with Crippen LogP contribution in [0.3, 0.4) is 0 Å². The minimum atomic E-state index is -0.683. The van der Waals surface area contributed by atoms with Crippen LogP contribution in [0.15, 0.2) is 33.9 Å². The molecule has 25 heavy (non-hydrogen) atoms. The minimum Gasteiger partial charge on any atom is -0.348 e.